The molecule has 1 N–H and O–H groups in total. The maximum absolute atomic E-state index is 12.7. The first-order valence-corrected chi connectivity index (χ1v) is 11.0. The summed E-state index contributed by atoms with van der Waals surface area (Å²) in [5.41, 5.74) is -2.57. The second-order valence-electron chi connectivity index (χ2n) is 10.6. The van der Waals surface area contributed by atoms with Gasteiger partial charge in [-0.1, -0.05) is 15.9 Å². The number of halogens is 1. The van der Waals surface area contributed by atoms with E-state index < -0.39 is 64.9 Å². The Hall–Kier alpha value is -1.19. The minimum Gasteiger partial charge on any atom is -0.455 e. The molecule has 0 aromatic carbocycles. The largest absolute Gasteiger partial charge is 0.455 e. The van der Waals surface area contributed by atoms with Gasteiger partial charge in [-0.25, -0.2) is 0 Å². The number of rotatable bonds is 4. The number of hydrogen-bond acceptors (Lipinski definition) is 8. The summed E-state index contributed by atoms with van der Waals surface area (Å²) in [4.78, 5) is 37.7. The first kappa shape index (κ1) is 26.8. The lowest BCUT2D eigenvalue weighted by atomic mass is 9.93. The van der Waals surface area contributed by atoms with E-state index in [9.17, 15) is 19.5 Å². The average molecular weight is 495 g/mol. The second-order valence-corrected chi connectivity index (χ2v) is 11.2. The van der Waals surface area contributed by atoms with Crippen LogP contribution < -0.4 is 0 Å². The van der Waals surface area contributed by atoms with Gasteiger partial charge >= 0.3 is 17.9 Å². The molecule has 0 radical (unpaired) electrons. The van der Waals surface area contributed by atoms with E-state index in [1.54, 1.807) is 62.3 Å². The highest BCUT2D eigenvalue weighted by Crippen LogP contribution is 2.33. The second kappa shape index (κ2) is 9.53. The van der Waals surface area contributed by atoms with Gasteiger partial charge in [-0.15, -0.1) is 0 Å². The van der Waals surface area contributed by atoms with Gasteiger partial charge in [0.1, 0.15) is 6.10 Å². The van der Waals surface area contributed by atoms with Gasteiger partial charge in [-0.05, 0) is 62.3 Å². The van der Waals surface area contributed by atoms with E-state index in [1.807, 2.05) is 0 Å². The van der Waals surface area contributed by atoms with Crippen molar-refractivity contribution in [3.05, 3.63) is 0 Å². The maximum Gasteiger partial charge on any atom is 0.311 e. The van der Waals surface area contributed by atoms with Crippen molar-refractivity contribution in [3.63, 3.8) is 0 Å². The molecule has 1 aliphatic rings. The van der Waals surface area contributed by atoms with Crippen molar-refractivity contribution in [1.82, 2.24) is 0 Å². The van der Waals surface area contributed by atoms with Crippen molar-refractivity contribution < 1.29 is 38.4 Å². The molecule has 30 heavy (non-hydrogen) atoms. The lowest BCUT2D eigenvalue weighted by Crippen LogP contribution is -2.63. The van der Waals surface area contributed by atoms with Gasteiger partial charge in [0.25, 0.3) is 0 Å². The van der Waals surface area contributed by atoms with Crippen LogP contribution in [0.25, 0.3) is 0 Å². The number of esters is 3. The van der Waals surface area contributed by atoms with Crippen LogP contribution in [-0.2, 0) is 33.3 Å². The minimum absolute atomic E-state index is 0.190. The minimum atomic E-state index is -1.57. The Morgan fingerprint density at radius 2 is 1.07 bits per heavy atom. The molecule has 0 bridgehead atoms. The summed E-state index contributed by atoms with van der Waals surface area (Å²) in [7, 11) is 0. The van der Waals surface area contributed by atoms with E-state index in [0.717, 1.165) is 0 Å². The Labute approximate surface area is 187 Å². The standard InChI is InChI=1S/C21H35BrO8/c1-19(2,3)16(24)28-12-11(10-22)27-15(23)14(30-18(26)21(7,8)9)13(12)29-17(25)20(4,5)6/h11-15,23H,10H2,1-9H3/t11-,12-,13+,14+,15-/m1/s1. The van der Waals surface area contributed by atoms with Crippen LogP contribution in [0.4, 0.5) is 0 Å². The molecule has 1 rings (SSSR count). The van der Waals surface area contributed by atoms with Crippen molar-refractivity contribution in [2.75, 3.05) is 5.33 Å². The van der Waals surface area contributed by atoms with Gasteiger partial charge < -0.3 is 24.1 Å². The van der Waals surface area contributed by atoms with Crippen LogP contribution in [0.5, 0.6) is 0 Å². The van der Waals surface area contributed by atoms with Crippen LogP contribution in [0, 0.1) is 16.2 Å². The number of hydrogen-bond donors (Lipinski definition) is 1. The maximum atomic E-state index is 12.7. The van der Waals surface area contributed by atoms with E-state index in [4.69, 9.17) is 18.9 Å². The molecule has 5 atom stereocenters. The summed E-state index contributed by atoms with van der Waals surface area (Å²) >= 11 is 3.28. The zero-order chi connectivity index (χ0) is 23.7. The van der Waals surface area contributed by atoms with Gasteiger partial charge in [-0.3, -0.25) is 14.4 Å². The number of alkyl halides is 1. The predicted octanol–water partition coefficient (Wildman–Crippen LogP) is 2.97. The highest BCUT2D eigenvalue weighted by molar-refractivity contribution is 9.09. The molecule has 1 saturated heterocycles. The zero-order valence-electron chi connectivity index (χ0n) is 19.3. The third-order valence-corrected chi connectivity index (χ3v) is 4.97. The van der Waals surface area contributed by atoms with Crippen molar-refractivity contribution in [3.8, 4) is 0 Å². The summed E-state index contributed by atoms with van der Waals surface area (Å²) in [5.74, 6) is -1.76. The van der Waals surface area contributed by atoms with Gasteiger partial charge in [0.15, 0.2) is 24.6 Å². The first-order valence-electron chi connectivity index (χ1n) is 9.92. The lowest BCUT2D eigenvalue weighted by molar-refractivity contribution is -0.291. The third-order valence-electron chi connectivity index (χ3n) is 4.33. The molecule has 174 valence electrons. The lowest BCUT2D eigenvalue weighted by Gasteiger charge is -2.44. The summed E-state index contributed by atoms with van der Waals surface area (Å²) in [6.07, 6.45) is -6.10. The van der Waals surface area contributed by atoms with E-state index in [2.05, 4.69) is 15.9 Å². The molecule has 0 saturated carbocycles. The van der Waals surface area contributed by atoms with Gasteiger partial charge in [0, 0.05) is 5.33 Å². The topological polar surface area (TPSA) is 108 Å². The van der Waals surface area contributed by atoms with Crippen LogP contribution in [-0.4, -0.2) is 59.1 Å². The van der Waals surface area contributed by atoms with Crippen LogP contribution in [0.15, 0.2) is 0 Å². The molecule has 0 amide bonds. The molecule has 1 aliphatic heterocycles. The smallest absolute Gasteiger partial charge is 0.311 e. The fraction of sp³-hybridized carbons (Fsp3) is 0.857. The molecule has 0 spiro atoms. The molecule has 0 aliphatic carbocycles. The molecule has 0 aromatic rings. The van der Waals surface area contributed by atoms with E-state index >= 15 is 0 Å². The molecule has 1 fully saturated rings. The SMILES string of the molecule is CC(C)(C)C(=O)O[C@@H]1[C@H](OC(=O)C(C)(C)C)[C@H](O)O[C@H](CBr)[C@H]1OC(=O)C(C)(C)C. The van der Waals surface area contributed by atoms with Crippen LogP contribution in [0.1, 0.15) is 62.3 Å². The summed E-state index contributed by atoms with van der Waals surface area (Å²) in [6, 6.07) is 0. The molecule has 0 unspecified atom stereocenters. The number of carbonyl (C=O) groups excluding carboxylic acids is 3. The number of carbonyl (C=O) groups is 3. The average Bonchev–Trinajstić information content (AvgIpc) is 2.56. The van der Waals surface area contributed by atoms with Crippen molar-refractivity contribution in [1.29, 1.82) is 0 Å². The molecule has 9 heteroatoms. The Morgan fingerprint density at radius 3 is 1.40 bits per heavy atom. The van der Waals surface area contributed by atoms with E-state index in [0.29, 0.717) is 0 Å². The Bertz CT molecular complexity index is 641. The predicted molar refractivity (Wildman–Crippen MR) is 113 cm³/mol. The Morgan fingerprint density at radius 1 is 0.733 bits per heavy atom. The van der Waals surface area contributed by atoms with Crippen LogP contribution >= 0.6 is 15.9 Å². The third kappa shape index (κ3) is 6.92. The van der Waals surface area contributed by atoms with E-state index in [-0.39, 0.29) is 5.33 Å². The fourth-order valence-corrected chi connectivity index (χ4v) is 2.84. The monoisotopic (exact) mass is 494 g/mol. The quantitative estimate of drug-likeness (QED) is 0.360. The molecule has 0 aromatic heterocycles. The van der Waals surface area contributed by atoms with Crippen LogP contribution in [0.2, 0.25) is 0 Å². The van der Waals surface area contributed by atoms with Crippen LogP contribution in [0.3, 0.4) is 0 Å². The zero-order valence-corrected chi connectivity index (χ0v) is 20.9. The van der Waals surface area contributed by atoms with Gasteiger partial charge in [0.2, 0.25) is 0 Å². The van der Waals surface area contributed by atoms with Crippen molar-refractivity contribution >= 4 is 33.8 Å². The summed E-state index contributed by atoms with van der Waals surface area (Å²) in [5, 5.41) is 10.7. The van der Waals surface area contributed by atoms with Gasteiger partial charge in [0.05, 0.1) is 16.2 Å². The summed E-state index contributed by atoms with van der Waals surface area (Å²) < 4.78 is 22.3. The van der Waals surface area contributed by atoms with Crippen molar-refractivity contribution in [2.45, 2.75) is 93.0 Å². The normalized spacial score (nSPS) is 27.9. The molecular formula is C21H35BrO8. The summed E-state index contributed by atoms with van der Waals surface area (Å²) in [6.45, 7) is 15.0. The molecule has 8 nitrogen and oxygen atoms in total. The van der Waals surface area contributed by atoms with E-state index in [1.165, 1.54) is 0 Å². The number of aliphatic hydroxyl groups excluding tert-OH is 1. The number of aliphatic hydroxyl groups is 1. The molecular weight excluding hydrogens is 460 g/mol. The fourth-order valence-electron chi connectivity index (χ4n) is 2.32. The first-order chi connectivity index (χ1) is 13.4. The highest BCUT2D eigenvalue weighted by atomic mass is 79.9. The number of ether oxygens (including phenoxy) is 4. The Balaban J connectivity index is 3.37. The van der Waals surface area contributed by atoms with Gasteiger partial charge in [-0.2, -0.15) is 0 Å². The molecule has 1 heterocycles. The highest BCUT2D eigenvalue weighted by Gasteiger charge is 2.53. The van der Waals surface area contributed by atoms with Crippen molar-refractivity contribution in [2.24, 2.45) is 16.2 Å². The Kier molecular flexibility index (Phi) is 8.52.